The monoisotopic (exact) mass is 194 g/mol. The maximum Gasteiger partial charge on any atom is 0.0656 e. The van der Waals surface area contributed by atoms with E-state index in [1.54, 1.807) is 0 Å². The lowest BCUT2D eigenvalue weighted by atomic mass is 9.30. The summed E-state index contributed by atoms with van der Waals surface area (Å²) in [5.74, 6) is 1.81. The summed E-state index contributed by atoms with van der Waals surface area (Å²) in [4.78, 5) is 0. The van der Waals surface area contributed by atoms with Crippen molar-refractivity contribution in [2.45, 2.75) is 52.1 Å². The Morgan fingerprint density at radius 3 is 2.00 bits per heavy atom. The maximum atomic E-state index is 5.74. The van der Waals surface area contributed by atoms with Gasteiger partial charge in [0.05, 0.1) is 6.10 Å². The first-order valence-electron chi connectivity index (χ1n) is 6.15. The Labute approximate surface area is 87.2 Å². The minimum absolute atomic E-state index is 0.614. The summed E-state index contributed by atoms with van der Waals surface area (Å²) >= 11 is 0. The second-order valence-electron chi connectivity index (χ2n) is 6.40. The van der Waals surface area contributed by atoms with E-state index in [2.05, 4.69) is 13.8 Å². The van der Waals surface area contributed by atoms with Crippen LogP contribution in [-0.2, 0) is 4.74 Å². The third-order valence-electron chi connectivity index (χ3n) is 5.24. The first-order chi connectivity index (χ1) is 6.62. The van der Waals surface area contributed by atoms with Gasteiger partial charge in [0, 0.05) is 7.11 Å². The summed E-state index contributed by atoms with van der Waals surface area (Å²) in [5, 5.41) is 0. The van der Waals surface area contributed by atoms with Crippen molar-refractivity contribution in [3.05, 3.63) is 0 Å². The number of rotatable bonds is 4. The fourth-order valence-electron chi connectivity index (χ4n) is 4.20. The van der Waals surface area contributed by atoms with Crippen LogP contribution in [0.5, 0.6) is 0 Å². The van der Waals surface area contributed by atoms with Crippen molar-refractivity contribution in [1.82, 2.24) is 0 Å². The number of methoxy groups -OCH3 is 1. The van der Waals surface area contributed by atoms with Crippen molar-refractivity contribution in [2.75, 3.05) is 7.11 Å². The molecule has 14 heavy (non-hydrogen) atoms. The van der Waals surface area contributed by atoms with E-state index in [4.69, 9.17) is 4.74 Å². The van der Waals surface area contributed by atoms with Crippen molar-refractivity contribution in [3.63, 3.8) is 0 Å². The fourth-order valence-corrected chi connectivity index (χ4v) is 4.20. The standard InChI is InChI=1S/C13H22O/c1-9(2)12-6-13(7-12,8-12)11(14-3)10-4-5-10/h9-11H,4-8H2,1-3H3. The molecule has 0 N–H and O–H groups in total. The molecule has 0 aromatic heterocycles. The fraction of sp³-hybridized carbons (Fsp3) is 1.00. The molecule has 4 fully saturated rings. The zero-order valence-corrected chi connectivity index (χ0v) is 9.68. The predicted molar refractivity (Wildman–Crippen MR) is 57.1 cm³/mol. The molecule has 0 heterocycles. The highest BCUT2D eigenvalue weighted by molar-refractivity contribution is 5.22. The van der Waals surface area contributed by atoms with Gasteiger partial charge in [0.15, 0.2) is 0 Å². The third kappa shape index (κ3) is 0.946. The van der Waals surface area contributed by atoms with Crippen LogP contribution in [0.3, 0.4) is 0 Å². The Balaban J connectivity index is 1.67. The number of hydrogen-bond acceptors (Lipinski definition) is 1. The molecule has 4 rings (SSSR count). The summed E-state index contributed by atoms with van der Waals surface area (Å²) in [5.41, 5.74) is 1.38. The average molecular weight is 194 g/mol. The summed E-state index contributed by atoms with van der Waals surface area (Å²) in [6.45, 7) is 4.78. The van der Waals surface area contributed by atoms with Crippen LogP contribution in [0.4, 0.5) is 0 Å². The zero-order valence-electron chi connectivity index (χ0n) is 9.68. The molecule has 0 amide bonds. The molecule has 0 saturated heterocycles. The molecule has 80 valence electrons. The van der Waals surface area contributed by atoms with E-state index < -0.39 is 0 Å². The van der Waals surface area contributed by atoms with Gasteiger partial charge >= 0.3 is 0 Å². The number of hydrogen-bond donors (Lipinski definition) is 0. The van der Waals surface area contributed by atoms with Gasteiger partial charge in [0.1, 0.15) is 0 Å². The van der Waals surface area contributed by atoms with Gasteiger partial charge in [0.2, 0.25) is 0 Å². The minimum Gasteiger partial charge on any atom is -0.381 e. The lowest BCUT2D eigenvalue weighted by Gasteiger charge is -2.75. The molecule has 4 aliphatic carbocycles. The van der Waals surface area contributed by atoms with Gasteiger partial charge in [0.25, 0.3) is 0 Å². The van der Waals surface area contributed by atoms with Crippen LogP contribution in [0.25, 0.3) is 0 Å². The molecule has 0 aromatic rings. The molecule has 4 aliphatic rings. The van der Waals surface area contributed by atoms with Crippen molar-refractivity contribution in [1.29, 1.82) is 0 Å². The van der Waals surface area contributed by atoms with Gasteiger partial charge in [-0.2, -0.15) is 0 Å². The van der Waals surface area contributed by atoms with Crippen molar-refractivity contribution < 1.29 is 4.74 Å². The highest BCUT2D eigenvalue weighted by Gasteiger charge is 2.72. The molecule has 1 atom stereocenters. The minimum atomic E-state index is 0.614. The first kappa shape index (κ1) is 9.21. The molecular formula is C13H22O. The first-order valence-corrected chi connectivity index (χ1v) is 6.15. The van der Waals surface area contributed by atoms with Crippen LogP contribution in [0.15, 0.2) is 0 Å². The summed E-state index contributed by atoms with van der Waals surface area (Å²) in [7, 11) is 1.92. The molecule has 0 radical (unpaired) electrons. The molecule has 4 saturated carbocycles. The second-order valence-corrected chi connectivity index (χ2v) is 6.40. The van der Waals surface area contributed by atoms with Crippen LogP contribution in [0.1, 0.15) is 46.0 Å². The van der Waals surface area contributed by atoms with Gasteiger partial charge in [-0.05, 0) is 54.8 Å². The molecule has 0 aliphatic heterocycles. The van der Waals surface area contributed by atoms with Crippen molar-refractivity contribution in [2.24, 2.45) is 22.7 Å². The largest absolute Gasteiger partial charge is 0.381 e. The predicted octanol–water partition coefficient (Wildman–Crippen LogP) is 3.24. The molecule has 1 heteroatoms. The van der Waals surface area contributed by atoms with Crippen molar-refractivity contribution in [3.8, 4) is 0 Å². The summed E-state index contributed by atoms with van der Waals surface area (Å²) in [6, 6.07) is 0. The van der Waals surface area contributed by atoms with Crippen LogP contribution in [-0.4, -0.2) is 13.2 Å². The summed E-state index contributed by atoms with van der Waals surface area (Å²) in [6.07, 6.45) is 7.86. The lowest BCUT2D eigenvalue weighted by Crippen LogP contribution is -2.69. The maximum absolute atomic E-state index is 5.74. The molecule has 0 spiro atoms. The molecule has 1 nitrogen and oxygen atoms in total. The van der Waals surface area contributed by atoms with Crippen LogP contribution >= 0.6 is 0 Å². The normalized spacial score (nSPS) is 47.1. The summed E-state index contributed by atoms with van der Waals surface area (Å²) < 4.78 is 5.74. The van der Waals surface area contributed by atoms with Gasteiger partial charge in [-0.3, -0.25) is 0 Å². The van der Waals surface area contributed by atoms with Gasteiger partial charge in [-0.15, -0.1) is 0 Å². The Bertz CT molecular complexity index is 232. The van der Waals surface area contributed by atoms with Gasteiger partial charge < -0.3 is 4.74 Å². The van der Waals surface area contributed by atoms with E-state index in [1.807, 2.05) is 7.11 Å². The van der Waals surface area contributed by atoms with Gasteiger partial charge in [-0.1, -0.05) is 13.8 Å². The topological polar surface area (TPSA) is 9.23 Å². The smallest absolute Gasteiger partial charge is 0.0656 e. The van der Waals surface area contributed by atoms with Crippen LogP contribution in [0, 0.1) is 22.7 Å². The SMILES string of the molecule is COC(C1CC1)C12CC(C(C)C)(C1)C2. The van der Waals surface area contributed by atoms with E-state index >= 15 is 0 Å². The lowest BCUT2D eigenvalue weighted by molar-refractivity contribution is -0.283. The van der Waals surface area contributed by atoms with Gasteiger partial charge in [-0.25, -0.2) is 0 Å². The molecule has 2 bridgehead atoms. The second kappa shape index (κ2) is 2.55. The molecule has 1 unspecified atom stereocenters. The van der Waals surface area contributed by atoms with E-state index in [9.17, 15) is 0 Å². The van der Waals surface area contributed by atoms with E-state index in [1.165, 1.54) is 32.1 Å². The Morgan fingerprint density at radius 1 is 1.07 bits per heavy atom. The number of ether oxygens (including phenoxy) is 1. The van der Waals surface area contributed by atoms with Crippen molar-refractivity contribution >= 4 is 0 Å². The highest BCUT2D eigenvalue weighted by Crippen LogP contribution is 2.79. The van der Waals surface area contributed by atoms with Crippen LogP contribution in [0.2, 0.25) is 0 Å². The quantitative estimate of drug-likeness (QED) is 0.667. The third-order valence-corrected chi connectivity index (χ3v) is 5.24. The molecular weight excluding hydrogens is 172 g/mol. The van der Waals surface area contributed by atoms with Crippen LogP contribution < -0.4 is 0 Å². The zero-order chi connectivity index (χ0) is 9.97. The Hall–Kier alpha value is -0.0400. The Morgan fingerprint density at radius 2 is 1.64 bits per heavy atom. The van der Waals surface area contributed by atoms with E-state index in [0.29, 0.717) is 11.5 Å². The van der Waals surface area contributed by atoms with E-state index in [0.717, 1.165) is 17.3 Å². The van der Waals surface area contributed by atoms with E-state index in [-0.39, 0.29) is 0 Å². The molecule has 0 aromatic carbocycles. The highest BCUT2D eigenvalue weighted by atomic mass is 16.5. The average Bonchev–Trinajstić information content (AvgIpc) is 2.74. The Kier molecular flexibility index (Phi) is 1.68.